The molecule has 4 unspecified atom stereocenters. The average Bonchev–Trinajstić information content (AvgIpc) is 2.72. The quantitative estimate of drug-likeness (QED) is 0.776. The maximum Gasteiger partial charge on any atom is 0.295 e. The van der Waals surface area contributed by atoms with Gasteiger partial charge in [-0.3, -0.25) is 0 Å². The topological polar surface area (TPSA) is 36.9 Å². The minimum Gasteiger partial charge on any atom is -0.373 e. The molecule has 0 spiro atoms. The Balaban J connectivity index is 1.98. The molecule has 2 fully saturated rings. The minimum absolute atomic E-state index is 0.0439. The van der Waals surface area contributed by atoms with E-state index in [0.717, 1.165) is 19.8 Å². The molecule has 0 aliphatic carbocycles. The lowest BCUT2D eigenvalue weighted by Gasteiger charge is -2.39. The summed E-state index contributed by atoms with van der Waals surface area (Å²) in [6.07, 6.45) is 3.78. The molecule has 2 rings (SSSR count). The molecule has 0 aromatic rings. The van der Waals surface area contributed by atoms with Crippen molar-refractivity contribution in [2.45, 2.75) is 63.0 Å². The molecular formula is C14H26F2O4S. The van der Waals surface area contributed by atoms with Gasteiger partial charge in [0.1, 0.15) is 12.2 Å². The predicted molar refractivity (Wildman–Crippen MR) is 78.8 cm³/mol. The molecule has 0 N–H and O–H groups in total. The maximum absolute atomic E-state index is 13.5. The van der Waals surface area contributed by atoms with E-state index >= 15 is 0 Å². The molecule has 4 nitrogen and oxygen atoms in total. The van der Waals surface area contributed by atoms with Crippen LogP contribution < -0.4 is 0 Å². The maximum atomic E-state index is 13.5. The zero-order valence-corrected chi connectivity index (χ0v) is 14.2. The molecule has 0 aromatic heterocycles. The molecule has 2 aliphatic heterocycles. The average molecular weight is 328 g/mol. The van der Waals surface area contributed by atoms with E-state index < -0.39 is 21.4 Å². The van der Waals surface area contributed by atoms with Gasteiger partial charge in [-0.2, -0.15) is 8.78 Å². The van der Waals surface area contributed by atoms with Crippen LogP contribution in [-0.4, -0.2) is 55.1 Å². The largest absolute Gasteiger partial charge is 0.373 e. The third-order valence-electron chi connectivity index (χ3n) is 4.29. The Hall–Kier alpha value is 0.0500. The zero-order chi connectivity index (χ0) is 15.9. The summed E-state index contributed by atoms with van der Waals surface area (Å²) in [5.74, 6) is -0.613. The fourth-order valence-corrected chi connectivity index (χ4v) is 3.08. The highest BCUT2D eigenvalue weighted by Crippen LogP contribution is 2.56. The van der Waals surface area contributed by atoms with E-state index in [4.69, 9.17) is 18.4 Å². The molecule has 4 atom stereocenters. The lowest BCUT2D eigenvalue weighted by atomic mass is 10.0. The Morgan fingerprint density at radius 2 is 2.00 bits per heavy atom. The van der Waals surface area contributed by atoms with Gasteiger partial charge in [-0.25, -0.2) is 0 Å². The lowest BCUT2D eigenvalue weighted by molar-refractivity contribution is -0.170. The molecule has 0 amide bonds. The third kappa shape index (κ3) is 3.69. The fraction of sp³-hybridized carbons (Fsp3) is 1.00. The van der Waals surface area contributed by atoms with Crippen molar-refractivity contribution in [2.24, 2.45) is 0 Å². The summed E-state index contributed by atoms with van der Waals surface area (Å²) in [5, 5.41) is -2.84. The minimum atomic E-state index is -2.84. The van der Waals surface area contributed by atoms with Crippen molar-refractivity contribution in [2.75, 3.05) is 25.7 Å². The van der Waals surface area contributed by atoms with Gasteiger partial charge in [0.15, 0.2) is 5.79 Å². The third-order valence-corrected chi connectivity index (χ3v) is 6.74. The normalized spacial score (nSPS) is 38.3. The Morgan fingerprint density at radius 3 is 2.57 bits per heavy atom. The molecule has 2 heterocycles. The van der Waals surface area contributed by atoms with E-state index in [1.807, 2.05) is 13.8 Å². The molecule has 2 saturated heterocycles. The summed E-state index contributed by atoms with van der Waals surface area (Å²) in [4.78, 5) is 0. The Kier molecular flexibility index (Phi) is 4.91. The van der Waals surface area contributed by atoms with Gasteiger partial charge in [-0.15, -0.1) is 0 Å². The monoisotopic (exact) mass is 328 g/mol. The second-order valence-electron chi connectivity index (χ2n) is 6.25. The van der Waals surface area contributed by atoms with Crippen LogP contribution in [0.1, 0.15) is 33.6 Å². The Labute approximate surface area is 127 Å². The van der Waals surface area contributed by atoms with Gasteiger partial charge in [-0.05, 0) is 32.3 Å². The summed E-state index contributed by atoms with van der Waals surface area (Å²) in [6, 6.07) is 0. The van der Waals surface area contributed by atoms with Gasteiger partial charge in [0, 0.05) is 13.5 Å². The number of rotatable bonds is 5. The van der Waals surface area contributed by atoms with Gasteiger partial charge in [0.25, 0.3) is 5.25 Å². The van der Waals surface area contributed by atoms with Gasteiger partial charge < -0.3 is 18.4 Å². The second kappa shape index (κ2) is 5.92. The highest BCUT2D eigenvalue weighted by atomic mass is 32.3. The summed E-state index contributed by atoms with van der Waals surface area (Å²) >= 11 is 0. The molecular weight excluding hydrogens is 302 g/mol. The summed E-state index contributed by atoms with van der Waals surface area (Å²) in [7, 11) is -2.47. The summed E-state index contributed by atoms with van der Waals surface area (Å²) < 4.78 is 50.1. The van der Waals surface area contributed by atoms with Crippen LogP contribution >= 0.6 is 10.3 Å². The van der Waals surface area contributed by atoms with Crippen LogP contribution in [0.4, 0.5) is 8.78 Å². The van der Waals surface area contributed by atoms with Crippen LogP contribution in [-0.2, 0) is 18.4 Å². The van der Waals surface area contributed by atoms with E-state index in [1.54, 1.807) is 0 Å². The standard InChI is InChI=1S/C14H26F2O4S/c1-6-13(2)19-10-7-8-17-11(12(10)20-13)9-18-21(4,5)14(3,15)16/h10-12H,6-9H2,1-5H3. The van der Waals surface area contributed by atoms with Crippen molar-refractivity contribution in [3.8, 4) is 0 Å². The van der Waals surface area contributed by atoms with Crippen molar-refractivity contribution in [3.63, 3.8) is 0 Å². The van der Waals surface area contributed by atoms with Gasteiger partial charge in [0.05, 0.1) is 12.7 Å². The number of hydrogen-bond acceptors (Lipinski definition) is 4. The number of halogens is 2. The van der Waals surface area contributed by atoms with E-state index in [1.165, 1.54) is 12.5 Å². The second-order valence-corrected chi connectivity index (χ2v) is 9.67. The van der Waals surface area contributed by atoms with Crippen molar-refractivity contribution >= 4 is 10.3 Å². The van der Waals surface area contributed by atoms with E-state index in [9.17, 15) is 8.78 Å². The first-order valence-electron chi connectivity index (χ1n) is 7.30. The van der Waals surface area contributed by atoms with E-state index in [2.05, 4.69) is 0 Å². The summed E-state index contributed by atoms with van der Waals surface area (Å²) in [5.41, 5.74) is 0. The molecule has 2 aliphatic rings. The molecule has 0 bridgehead atoms. The van der Waals surface area contributed by atoms with E-state index in [-0.39, 0.29) is 24.9 Å². The fourth-order valence-electron chi connectivity index (χ4n) is 2.40. The molecule has 21 heavy (non-hydrogen) atoms. The smallest absolute Gasteiger partial charge is 0.295 e. The van der Waals surface area contributed by atoms with Crippen LogP contribution in [0.2, 0.25) is 0 Å². The van der Waals surface area contributed by atoms with Crippen molar-refractivity contribution in [1.82, 2.24) is 0 Å². The van der Waals surface area contributed by atoms with Crippen molar-refractivity contribution < 1.29 is 27.2 Å². The van der Waals surface area contributed by atoms with Crippen LogP contribution in [0, 0.1) is 0 Å². The van der Waals surface area contributed by atoms with Crippen LogP contribution in [0.15, 0.2) is 0 Å². The first-order chi connectivity index (χ1) is 9.58. The van der Waals surface area contributed by atoms with E-state index in [0.29, 0.717) is 6.61 Å². The van der Waals surface area contributed by atoms with Crippen LogP contribution in [0.25, 0.3) is 0 Å². The SMILES string of the molecule is CCC1(C)OC2CCOC(COS(C)(C)C(C)(F)F)C2O1. The number of ether oxygens (including phenoxy) is 3. The first kappa shape index (κ1) is 17.4. The number of alkyl halides is 2. The van der Waals surface area contributed by atoms with Crippen LogP contribution in [0.5, 0.6) is 0 Å². The number of hydrogen-bond donors (Lipinski definition) is 0. The van der Waals surface area contributed by atoms with Gasteiger partial charge in [-0.1, -0.05) is 17.2 Å². The molecule has 0 radical (unpaired) electrons. The Bertz CT molecular complexity index is 374. The van der Waals surface area contributed by atoms with Crippen LogP contribution in [0.3, 0.4) is 0 Å². The predicted octanol–water partition coefficient (Wildman–Crippen LogP) is 3.29. The zero-order valence-electron chi connectivity index (χ0n) is 13.4. The summed E-state index contributed by atoms with van der Waals surface area (Å²) in [6.45, 7) is 5.44. The van der Waals surface area contributed by atoms with Crippen molar-refractivity contribution in [3.05, 3.63) is 0 Å². The number of fused-ring (bicyclic) bond motifs is 1. The highest BCUT2D eigenvalue weighted by Gasteiger charge is 2.50. The van der Waals surface area contributed by atoms with Gasteiger partial charge >= 0.3 is 0 Å². The Morgan fingerprint density at radius 1 is 1.33 bits per heavy atom. The van der Waals surface area contributed by atoms with Gasteiger partial charge in [0.2, 0.25) is 0 Å². The lowest BCUT2D eigenvalue weighted by Crippen LogP contribution is -2.45. The highest BCUT2D eigenvalue weighted by molar-refractivity contribution is 8.29. The van der Waals surface area contributed by atoms with Crippen molar-refractivity contribution in [1.29, 1.82) is 0 Å². The first-order valence-corrected chi connectivity index (χ1v) is 9.68. The molecule has 0 aromatic carbocycles. The molecule has 0 saturated carbocycles. The molecule has 126 valence electrons. The molecule has 7 heteroatoms.